The Morgan fingerprint density at radius 3 is 2.51 bits per heavy atom. The smallest absolute Gasteiger partial charge is 0.264 e. The molecule has 1 amide bonds. The van der Waals surface area contributed by atoms with Gasteiger partial charge in [-0.25, -0.2) is 27.2 Å². The highest BCUT2D eigenvalue weighted by Crippen LogP contribution is 2.38. The van der Waals surface area contributed by atoms with Gasteiger partial charge in [-0.2, -0.15) is 0 Å². The molecule has 0 aliphatic carbocycles. The Labute approximate surface area is 268 Å². The number of hydrogen-bond acceptors (Lipinski definition) is 9. The number of β-amino-alcohol motifs (C(OH)–C–C–N with tert-alkyl or cyclic N) is 1. The Kier molecular flexibility index (Phi) is 8.38. The number of nitrogens with zero attached hydrogens (tertiary/aromatic N) is 3. The molecule has 1 aliphatic rings. The number of likely N-dealkylation sites (tertiary alicyclic amines) is 1. The number of amides is 1. The molecule has 6 rings (SSSR count). The van der Waals surface area contributed by atoms with E-state index in [0.29, 0.717) is 63.5 Å². The summed E-state index contributed by atoms with van der Waals surface area (Å²) >= 11 is 0. The average molecular weight is 662 g/mol. The predicted molar refractivity (Wildman–Crippen MR) is 172 cm³/mol. The third kappa shape index (κ3) is 6.24. The normalized spacial score (nSPS) is 14.7. The number of aliphatic hydroxyl groups is 1. The molecular formula is C33H29F2N5O6S. The summed E-state index contributed by atoms with van der Waals surface area (Å²) in [6, 6.07) is 15.8. The summed E-state index contributed by atoms with van der Waals surface area (Å²) in [7, 11) is -1.68. The van der Waals surface area contributed by atoms with Gasteiger partial charge < -0.3 is 25.2 Å². The fourth-order valence-electron chi connectivity index (χ4n) is 5.48. The number of nitrogen functional groups attached to an aromatic ring is 1. The van der Waals surface area contributed by atoms with E-state index in [1.54, 1.807) is 35.2 Å². The van der Waals surface area contributed by atoms with Crippen LogP contribution >= 0.6 is 0 Å². The molecule has 11 nitrogen and oxygen atoms in total. The maximum Gasteiger partial charge on any atom is 0.264 e. The Balaban J connectivity index is 1.35. The molecule has 1 aliphatic heterocycles. The van der Waals surface area contributed by atoms with E-state index in [2.05, 4.69) is 14.7 Å². The van der Waals surface area contributed by atoms with E-state index in [0.717, 1.165) is 12.1 Å². The first kappa shape index (κ1) is 31.6. The molecule has 242 valence electrons. The van der Waals surface area contributed by atoms with Crippen LogP contribution in [0.4, 0.5) is 20.3 Å². The number of halogens is 2. The van der Waals surface area contributed by atoms with Gasteiger partial charge in [0.1, 0.15) is 33.8 Å². The molecule has 0 saturated carbocycles. The van der Waals surface area contributed by atoms with Gasteiger partial charge in [0.25, 0.3) is 15.9 Å². The summed E-state index contributed by atoms with van der Waals surface area (Å²) < 4.78 is 66.9. The van der Waals surface area contributed by atoms with Crippen LogP contribution in [0.3, 0.4) is 0 Å². The van der Waals surface area contributed by atoms with Crippen LogP contribution in [0.2, 0.25) is 0 Å². The number of aliphatic hydroxyl groups excluding tert-OH is 1. The number of sulfonamides is 1. The highest BCUT2D eigenvalue weighted by atomic mass is 32.2. The van der Waals surface area contributed by atoms with Gasteiger partial charge in [0.2, 0.25) is 5.88 Å². The van der Waals surface area contributed by atoms with Crippen LogP contribution in [0.1, 0.15) is 16.8 Å². The number of fused-ring (bicyclic) bond motifs is 1. The van der Waals surface area contributed by atoms with E-state index in [1.807, 2.05) is 12.1 Å². The van der Waals surface area contributed by atoms with Crippen molar-refractivity contribution >= 4 is 38.3 Å². The summed E-state index contributed by atoms with van der Waals surface area (Å²) in [5.74, 6) is -1.79. The topological polar surface area (TPSA) is 157 Å². The first-order valence-electron chi connectivity index (χ1n) is 14.4. The van der Waals surface area contributed by atoms with Gasteiger partial charge in [0.15, 0.2) is 0 Å². The van der Waals surface area contributed by atoms with Gasteiger partial charge in [0.05, 0.1) is 25.8 Å². The SMILES string of the molecule is COc1cc(C(=O)N2CC[C@H](O)C2)ccc1-c1cc2cc(-c3cnc(OC)c(NS(=O)(=O)c4ccc(F)cc4F)c3)ccc2nc1N. The Morgan fingerprint density at radius 2 is 1.81 bits per heavy atom. The van der Waals surface area contributed by atoms with E-state index >= 15 is 0 Å². The number of aromatic nitrogens is 2. The first-order chi connectivity index (χ1) is 22.5. The minimum Gasteiger partial charge on any atom is -0.496 e. The lowest BCUT2D eigenvalue weighted by atomic mass is 9.99. The minimum absolute atomic E-state index is 0.0623. The molecule has 1 fully saturated rings. The fourth-order valence-corrected chi connectivity index (χ4v) is 6.59. The molecule has 3 heterocycles. The quantitative estimate of drug-likeness (QED) is 0.212. The number of anilines is 2. The van der Waals surface area contributed by atoms with E-state index in [4.69, 9.17) is 15.2 Å². The zero-order valence-corrected chi connectivity index (χ0v) is 26.0. The van der Waals surface area contributed by atoms with Gasteiger partial charge in [-0.3, -0.25) is 9.52 Å². The number of rotatable bonds is 8. The van der Waals surface area contributed by atoms with Gasteiger partial charge in [-0.05, 0) is 66.6 Å². The number of benzene rings is 3. The zero-order valence-electron chi connectivity index (χ0n) is 25.2. The van der Waals surface area contributed by atoms with Gasteiger partial charge in [-0.1, -0.05) is 6.07 Å². The average Bonchev–Trinajstić information content (AvgIpc) is 3.49. The van der Waals surface area contributed by atoms with Crippen molar-refractivity contribution in [3.05, 3.63) is 90.1 Å². The summed E-state index contributed by atoms with van der Waals surface area (Å²) in [5.41, 5.74) is 9.61. The van der Waals surface area contributed by atoms with Crippen LogP contribution in [0.25, 0.3) is 33.2 Å². The third-order valence-electron chi connectivity index (χ3n) is 7.84. The number of hydrogen-bond donors (Lipinski definition) is 3. The number of carbonyl (C=O) groups excluding carboxylic acids is 1. The number of ether oxygens (including phenoxy) is 2. The van der Waals surface area contributed by atoms with Crippen LogP contribution in [0, 0.1) is 11.6 Å². The monoisotopic (exact) mass is 661 g/mol. The van der Waals surface area contributed by atoms with Crippen molar-refractivity contribution in [1.82, 2.24) is 14.9 Å². The van der Waals surface area contributed by atoms with Gasteiger partial charge in [0, 0.05) is 53.0 Å². The largest absolute Gasteiger partial charge is 0.496 e. The third-order valence-corrected chi connectivity index (χ3v) is 9.24. The second-order valence-corrected chi connectivity index (χ2v) is 12.5. The Morgan fingerprint density at radius 1 is 1.00 bits per heavy atom. The van der Waals surface area contributed by atoms with Crippen molar-refractivity contribution in [2.45, 2.75) is 17.4 Å². The Bertz CT molecular complexity index is 2150. The molecule has 0 bridgehead atoms. The van der Waals surface area contributed by atoms with Crippen molar-refractivity contribution in [3.63, 3.8) is 0 Å². The van der Waals surface area contributed by atoms with Crippen LogP contribution in [-0.2, 0) is 10.0 Å². The van der Waals surface area contributed by atoms with E-state index in [9.17, 15) is 27.1 Å². The lowest BCUT2D eigenvalue weighted by Crippen LogP contribution is -2.29. The minimum atomic E-state index is -4.47. The second-order valence-electron chi connectivity index (χ2n) is 10.9. The lowest BCUT2D eigenvalue weighted by molar-refractivity contribution is 0.0764. The van der Waals surface area contributed by atoms with Crippen molar-refractivity contribution in [1.29, 1.82) is 0 Å². The molecule has 3 aromatic carbocycles. The van der Waals surface area contributed by atoms with Crippen LogP contribution < -0.4 is 19.9 Å². The van der Waals surface area contributed by atoms with Crippen LogP contribution in [0.5, 0.6) is 11.6 Å². The summed E-state index contributed by atoms with van der Waals surface area (Å²) in [6.45, 7) is 0.745. The highest BCUT2D eigenvalue weighted by Gasteiger charge is 2.26. The molecule has 0 spiro atoms. The molecule has 1 atom stereocenters. The molecule has 1 saturated heterocycles. The first-order valence-corrected chi connectivity index (χ1v) is 15.8. The maximum absolute atomic E-state index is 14.3. The lowest BCUT2D eigenvalue weighted by Gasteiger charge is -2.17. The Hall–Kier alpha value is -5.34. The number of pyridine rings is 2. The van der Waals surface area contributed by atoms with E-state index < -0.39 is 32.7 Å². The number of nitrogens with two attached hydrogens (primary N) is 1. The van der Waals surface area contributed by atoms with Crippen LogP contribution in [-0.4, -0.2) is 67.7 Å². The van der Waals surface area contributed by atoms with Crippen molar-refractivity contribution in [2.24, 2.45) is 0 Å². The summed E-state index contributed by atoms with van der Waals surface area (Å²) in [5, 5.41) is 10.5. The summed E-state index contributed by atoms with van der Waals surface area (Å²) in [6.07, 6.45) is 1.48. The molecule has 2 aromatic heterocycles. The molecule has 14 heteroatoms. The summed E-state index contributed by atoms with van der Waals surface area (Å²) in [4.78, 5) is 22.6. The van der Waals surface area contributed by atoms with Crippen molar-refractivity contribution in [3.8, 4) is 33.9 Å². The maximum atomic E-state index is 14.3. The number of nitrogens with one attached hydrogen (secondary N) is 1. The molecule has 0 unspecified atom stereocenters. The molecule has 47 heavy (non-hydrogen) atoms. The fraction of sp³-hybridized carbons (Fsp3) is 0.182. The molecule has 4 N–H and O–H groups in total. The number of methoxy groups -OCH3 is 2. The van der Waals surface area contributed by atoms with Gasteiger partial charge in [-0.15, -0.1) is 0 Å². The highest BCUT2D eigenvalue weighted by molar-refractivity contribution is 7.92. The molecule has 5 aromatic rings. The van der Waals surface area contributed by atoms with Crippen LogP contribution in [0.15, 0.2) is 77.8 Å². The molecular weight excluding hydrogens is 632 g/mol. The second kappa shape index (κ2) is 12.5. The van der Waals surface area contributed by atoms with Crippen molar-refractivity contribution < 1.29 is 36.6 Å². The molecule has 0 radical (unpaired) electrons. The zero-order chi connectivity index (χ0) is 33.5. The van der Waals surface area contributed by atoms with E-state index in [-0.39, 0.29) is 29.8 Å². The van der Waals surface area contributed by atoms with E-state index in [1.165, 1.54) is 26.5 Å². The van der Waals surface area contributed by atoms with Gasteiger partial charge >= 0.3 is 0 Å². The number of carbonyl (C=O) groups is 1. The predicted octanol–water partition coefficient (Wildman–Crippen LogP) is 4.85. The standard InChI is InChI=1S/C33H29F2N5O6S/c1-45-29-14-19(33(42)40-10-9-23(41)17-40)3-6-24(29)25-12-20-11-18(4-7-27(20)38-31(25)36)21-13-28(32(46-2)37-16-21)39-47(43,44)30-8-5-22(34)15-26(30)35/h3-8,11-16,23,39,41H,9-10,17H2,1-2H3,(H2,36,38)/t23-/m0/s1. The van der Waals surface area contributed by atoms with Crippen molar-refractivity contribution in [2.75, 3.05) is 37.8 Å².